The monoisotopic (exact) mass is 315 g/mol. The van der Waals surface area contributed by atoms with E-state index in [-0.39, 0.29) is 24.2 Å². The number of piperidine rings is 1. The second-order valence-corrected chi connectivity index (χ2v) is 5.91. The molecule has 0 aliphatic carbocycles. The number of carbonyl (C=O) groups is 2. The van der Waals surface area contributed by atoms with E-state index in [1.54, 1.807) is 0 Å². The summed E-state index contributed by atoms with van der Waals surface area (Å²) in [5, 5.41) is 0. The molecule has 0 bridgehead atoms. The van der Waals surface area contributed by atoms with Gasteiger partial charge in [0.05, 0.1) is 25.4 Å². The number of hydrogen-bond donors (Lipinski definition) is 0. The molecule has 5 nitrogen and oxygen atoms in total. The van der Waals surface area contributed by atoms with Gasteiger partial charge in [0.1, 0.15) is 0 Å². The zero-order chi connectivity index (χ0) is 16.2. The molecule has 1 aromatic rings. The summed E-state index contributed by atoms with van der Waals surface area (Å²) in [4.78, 5) is 25.4. The van der Waals surface area contributed by atoms with Gasteiger partial charge in [-0.05, 0) is 18.4 Å². The minimum Gasteiger partial charge on any atom is -0.466 e. The van der Waals surface area contributed by atoms with Crippen molar-refractivity contribution < 1.29 is 19.1 Å². The Morgan fingerprint density at radius 1 is 1.26 bits per heavy atom. The molecule has 0 spiro atoms. The molecule has 0 aromatic heterocycles. The van der Waals surface area contributed by atoms with E-state index in [1.165, 1.54) is 19.3 Å². The van der Waals surface area contributed by atoms with Gasteiger partial charge in [-0.15, -0.1) is 0 Å². The number of carbonyl (C=O) groups excluding carboxylic acids is 2. The van der Waals surface area contributed by atoms with Crippen LogP contribution in [-0.4, -0.2) is 42.6 Å². The summed E-state index contributed by atoms with van der Waals surface area (Å²) < 4.78 is 10.7. The van der Waals surface area contributed by atoms with Crippen LogP contribution in [0.4, 0.5) is 0 Å². The van der Waals surface area contributed by atoms with Crippen LogP contribution in [0.2, 0.25) is 0 Å². The van der Waals surface area contributed by atoms with Gasteiger partial charge in [-0.1, -0.05) is 30.3 Å². The molecule has 0 saturated carbocycles. The molecule has 2 heterocycles. The molecule has 2 aliphatic heterocycles. The van der Waals surface area contributed by atoms with Gasteiger partial charge >= 0.3 is 5.97 Å². The number of amides is 1. The lowest BCUT2D eigenvalue weighted by molar-refractivity contribution is -0.136. The van der Waals surface area contributed by atoms with Crippen molar-refractivity contribution in [3.63, 3.8) is 0 Å². The highest BCUT2D eigenvalue weighted by Crippen LogP contribution is 2.39. The molecule has 0 unspecified atom stereocenters. The highest BCUT2D eigenvalue weighted by molar-refractivity contribution is 5.94. The van der Waals surface area contributed by atoms with E-state index in [0.717, 1.165) is 24.8 Å². The van der Waals surface area contributed by atoms with Crippen LogP contribution in [0.3, 0.4) is 0 Å². The predicted octanol–water partition coefficient (Wildman–Crippen LogP) is 2.24. The number of likely N-dealkylation sites (tertiary alicyclic amines) is 1. The molecule has 3 atom stereocenters. The highest BCUT2D eigenvalue weighted by Gasteiger charge is 2.42. The van der Waals surface area contributed by atoms with Crippen LogP contribution >= 0.6 is 0 Å². The van der Waals surface area contributed by atoms with E-state index >= 15 is 0 Å². The highest BCUT2D eigenvalue weighted by atomic mass is 16.5. The lowest BCUT2D eigenvalue weighted by Crippen LogP contribution is -2.48. The van der Waals surface area contributed by atoms with Crippen LogP contribution in [0.1, 0.15) is 30.9 Å². The van der Waals surface area contributed by atoms with Crippen molar-refractivity contribution in [2.24, 2.45) is 0 Å². The largest absolute Gasteiger partial charge is 0.466 e. The molecule has 1 aromatic carbocycles. The van der Waals surface area contributed by atoms with E-state index in [2.05, 4.69) is 16.9 Å². The molecule has 0 radical (unpaired) electrons. The normalized spacial score (nSPS) is 27.0. The fourth-order valence-electron chi connectivity index (χ4n) is 3.40. The van der Waals surface area contributed by atoms with Crippen LogP contribution in [0.15, 0.2) is 42.5 Å². The summed E-state index contributed by atoms with van der Waals surface area (Å²) in [5.74, 6) is -0.667. The summed E-state index contributed by atoms with van der Waals surface area (Å²) in [7, 11) is 1.29. The number of methoxy groups -OCH3 is 1. The average Bonchev–Trinajstić information content (AvgIpc) is 3.04. The molecule has 2 saturated heterocycles. The average molecular weight is 315 g/mol. The Bertz CT molecular complexity index is 598. The third-order valence-electron chi connectivity index (χ3n) is 4.53. The maximum atomic E-state index is 12.4. The van der Waals surface area contributed by atoms with E-state index in [0.29, 0.717) is 6.54 Å². The number of nitrogens with zero attached hydrogens (tertiary/aromatic N) is 1. The maximum Gasteiger partial charge on any atom is 0.330 e. The molecule has 2 fully saturated rings. The van der Waals surface area contributed by atoms with Crippen LogP contribution in [0.5, 0.6) is 0 Å². The van der Waals surface area contributed by atoms with Crippen LogP contribution < -0.4 is 0 Å². The van der Waals surface area contributed by atoms with Gasteiger partial charge in [0, 0.05) is 25.1 Å². The van der Waals surface area contributed by atoms with Crippen molar-refractivity contribution in [3.05, 3.63) is 48.0 Å². The van der Waals surface area contributed by atoms with Crippen LogP contribution in [0, 0.1) is 0 Å². The van der Waals surface area contributed by atoms with Gasteiger partial charge in [0.2, 0.25) is 5.91 Å². The minimum absolute atomic E-state index is 0.0317. The first-order chi connectivity index (χ1) is 11.2. The molecule has 122 valence electrons. The fraction of sp³-hybridized carbons (Fsp3) is 0.444. The molecule has 1 amide bonds. The third kappa shape index (κ3) is 3.45. The standard InChI is InChI=1S/C18H21NO4/c1-22-18(21)10-9-17(20)19-11-5-8-15-14(19)12-16(23-15)13-6-3-2-4-7-13/h2-4,6-7,9-10,14-16H,5,8,11-12H2,1H3/b10-9+/t14-,15-,16-/m0/s1. The third-order valence-corrected chi connectivity index (χ3v) is 4.53. The summed E-state index contributed by atoms with van der Waals surface area (Å²) in [6.07, 6.45) is 5.26. The molecule has 2 aliphatic rings. The molecule has 23 heavy (non-hydrogen) atoms. The minimum atomic E-state index is -0.517. The molecule has 0 N–H and O–H groups in total. The number of hydrogen-bond acceptors (Lipinski definition) is 4. The Kier molecular flexibility index (Phi) is 4.76. The summed E-state index contributed by atoms with van der Waals surface area (Å²) in [6, 6.07) is 10.2. The van der Waals surface area contributed by atoms with Gasteiger partial charge in [0.15, 0.2) is 0 Å². The van der Waals surface area contributed by atoms with E-state index < -0.39 is 5.97 Å². The molecule has 3 rings (SSSR count). The number of esters is 1. The van der Waals surface area contributed by atoms with E-state index in [4.69, 9.17) is 4.74 Å². The molecule has 5 heteroatoms. The summed E-state index contributed by atoms with van der Waals surface area (Å²) >= 11 is 0. The van der Waals surface area contributed by atoms with Gasteiger partial charge < -0.3 is 14.4 Å². The van der Waals surface area contributed by atoms with Crippen molar-refractivity contribution in [1.82, 2.24) is 4.90 Å². The zero-order valence-electron chi connectivity index (χ0n) is 13.2. The first-order valence-corrected chi connectivity index (χ1v) is 7.96. The van der Waals surface area contributed by atoms with Gasteiger partial charge in [-0.3, -0.25) is 4.79 Å². The number of benzene rings is 1. The lowest BCUT2D eigenvalue weighted by atomic mass is 9.95. The Labute approximate surface area is 135 Å². The topological polar surface area (TPSA) is 55.8 Å². The first kappa shape index (κ1) is 15.7. The first-order valence-electron chi connectivity index (χ1n) is 7.96. The predicted molar refractivity (Wildman–Crippen MR) is 84.6 cm³/mol. The Hall–Kier alpha value is -2.14. The van der Waals surface area contributed by atoms with Crippen LogP contribution in [-0.2, 0) is 19.1 Å². The number of fused-ring (bicyclic) bond motifs is 1. The fourth-order valence-corrected chi connectivity index (χ4v) is 3.40. The van der Waals surface area contributed by atoms with E-state index in [1.807, 2.05) is 23.1 Å². The van der Waals surface area contributed by atoms with Crippen molar-refractivity contribution >= 4 is 11.9 Å². The number of rotatable bonds is 3. The van der Waals surface area contributed by atoms with Crippen molar-refractivity contribution in [2.45, 2.75) is 37.5 Å². The summed E-state index contributed by atoms with van der Waals surface area (Å²) in [5.41, 5.74) is 1.15. The number of ether oxygens (including phenoxy) is 2. The Morgan fingerprint density at radius 2 is 2.04 bits per heavy atom. The van der Waals surface area contributed by atoms with Gasteiger partial charge in [-0.25, -0.2) is 4.79 Å². The summed E-state index contributed by atoms with van der Waals surface area (Å²) in [6.45, 7) is 0.705. The second-order valence-electron chi connectivity index (χ2n) is 5.91. The SMILES string of the molecule is COC(=O)/C=C/C(=O)N1CCC[C@@H]2O[C@H](c3ccccc3)C[C@@H]21. The molecular formula is C18H21NO4. The van der Waals surface area contributed by atoms with Crippen molar-refractivity contribution in [2.75, 3.05) is 13.7 Å². The van der Waals surface area contributed by atoms with Gasteiger partial charge in [-0.2, -0.15) is 0 Å². The van der Waals surface area contributed by atoms with Crippen molar-refractivity contribution in [1.29, 1.82) is 0 Å². The van der Waals surface area contributed by atoms with Crippen molar-refractivity contribution in [3.8, 4) is 0 Å². The second kappa shape index (κ2) is 6.96. The maximum absolute atomic E-state index is 12.4. The quantitative estimate of drug-likeness (QED) is 0.634. The lowest BCUT2D eigenvalue weighted by Gasteiger charge is -2.35. The van der Waals surface area contributed by atoms with Gasteiger partial charge in [0.25, 0.3) is 0 Å². The van der Waals surface area contributed by atoms with Crippen LogP contribution in [0.25, 0.3) is 0 Å². The van der Waals surface area contributed by atoms with E-state index in [9.17, 15) is 9.59 Å². The Balaban J connectivity index is 1.71. The zero-order valence-corrected chi connectivity index (χ0v) is 13.2. The smallest absolute Gasteiger partial charge is 0.330 e. The Morgan fingerprint density at radius 3 is 2.78 bits per heavy atom. The molecular weight excluding hydrogens is 294 g/mol.